The van der Waals surface area contributed by atoms with Gasteiger partial charge in [-0.2, -0.15) is 18.6 Å². The van der Waals surface area contributed by atoms with E-state index in [4.69, 9.17) is 0 Å². The van der Waals surface area contributed by atoms with E-state index in [9.17, 15) is 4.79 Å². The Morgan fingerprint density at radius 2 is 2.19 bits per heavy atom. The van der Waals surface area contributed by atoms with E-state index in [1.54, 1.807) is 23.3 Å². The lowest BCUT2D eigenvalue weighted by Gasteiger charge is -2.02. The molecular weight excluding hydrogens is 469 g/mol. The molecule has 0 aliphatic carbocycles. The fourth-order valence-corrected chi connectivity index (χ4v) is 5.32. The SMILES string of the molecule is Cc1cc2n(n1)CCCNC2.O=CNc1nc2ccc(NSc3cccs3)cc2s1.S. The highest BCUT2D eigenvalue weighted by Crippen LogP contribution is 2.31. The number of benzene rings is 1. The predicted molar refractivity (Wildman–Crippen MR) is 137 cm³/mol. The number of fused-ring (bicyclic) bond motifs is 2. The molecule has 5 rings (SSSR count). The highest BCUT2D eigenvalue weighted by molar-refractivity contribution is 8.02. The maximum absolute atomic E-state index is 10.4. The Balaban J connectivity index is 0.000000194. The van der Waals surface area contributed by atoms with Crippen molar-refractivity contribution in [3.63, 3.8) is 0 Å². The first-order valence-corrected chi connectivity index (χ1v) is 12.0. The molecule has 0 spiro atoms. The Hall–Kier alpha value is -2.05. The summed E-state index contributed by atoms with van der Waals surface area (Å²) >= 11 is 4.74. The molecule has 1 aliphatic heterocycles. The number of carbonyl (C=O) groups is 1. The van der Waals surface area contributed by atoms with Crippen LogP contribution in [-0.2, 0) is 17.9 Å². The molecule has 1 aliphatic rings. The number of aryl methyl sites for hydroxylation is 2. The number of aromatic nitrogens is 3. The van der Waals surface area contributed by atoms with E-state index >= 15 is 0 Å². The molecule has 3 N–H and O–H groups in total. The summed E-state index contributed by atoms with van der Waals surface area (Å²) in [5, 5.41) is 13.0. The second-order valence-electron chi connectivity index (χ2n) is 6.63. The van der Waals surface area contributed by atoms with Crippen LogP contribution in [0.1, 0.15) is 17.8 Å². The number of thiazole rings is 1. The van der Waals surface area contributed by atoms with Gasteiger partial charge in [0.15, 0.2) is 5.13 Å². The highest BCUT2D eigenvalue weighted by Gasteiger charge is 2.07. The van der Waals surface area contributed by atoms with E-state index in [1.165, 1.54) is 27.7 Å². The second kappa shape index (κ2) is 11.5. The lowest BCUT2D eigenvalue weighted by Crippen LogP contribution is -2.11. The first kappa shape index (κ1) is 23.6. The predicted octanol–water partition coefficient (Wildman–Crippen LogP) is 4.84. The van der Waals surface area contributed by atoms with E-state index < -0.39 is 0 Å². The summed E-state index contributed by atoms with van der Waals surface area (Å²) in [5.74, 6) is 0. The van der Waals surface area contributed by atoms with Crippen LogP contribution in [0, 0.1) is 6.92 Å². The standard InChI is InChI=1S/C12H9N3OS3.C8H13N3.H2S/c16-7-13-12-14-9-4-3-8(6-10(9)18-12)15-19-11-2-1-5-17-11;1-7-5-8-6-9-3-2-4-11(8)10-7;/h1-7,15H,(H,13,14,16);5,9H,2-4,6H2,1H3;1H2. The van der Waals surface area contributed by atoms with Crippen LogP contribution >= 0.6 is 48.1 Å². The van der Waals surface area contributed by atoms with Crippen LogP contribution in [0.5, 0.6) is 0 Å². The zero-order chi connectivity index (χ0) is 20.8. The maximum atomic E-state index is 10.4. The van der Waals surface area contributed by atoms with Crippen molar-refractivity contribution in [1.29, 1.82) is 0 Å². The van der Waals surface area contributed by atoms with Crippen LogP contribution in [0.25, 0.3) is 10.2 Å². The molecule has 1 amide bonds. The van der Waals surface area contributed by atoms with Crippen molar-refractivity contribution >= 4 is 75.6 Å². The smallest absolute Gasteiger partial charge is 0.213 e. The van der Waals surface area contributed by atoms with Crippen LogP contribution in [0.3, 0.4) is 0 Å². The number of thiophene rings is 1. The summed E-state index contributed by atoms with van der Waals surface area (Å²) in [6.45, 7) is 5.20. The van der Waals surface area contributed by atoms with Crippen LogP contribution in [-0.4, -0.2) is 27.7 Å². The molecule has 0 radical (unpaired) electrons. The summed E-state index contributed by atoms with van der Waals surface area (Å²) in [6, 6.07) is 12.2. The Kier molecular flexibility index (Phi) is 8.79. The normalized spacial score (nSPS) is 12.7. The number of anilines is 2. The zero-order valence-electron chi connectivity index (χ0n) is 16.9. The molecule has 0 saturated heterocycles. The molecule has 0 saturated carbocycles. The van der Waals surface area contributed by atoms with Crippen LogP contribution in [0.2, 0.25) is 0 Å². The average Bonchev–Trinajstić information content (AvgIpc) is 3.44. The van der Waals surface area contributed by atoms with Gasteiger partial charge in [0, 0.05) is 18.8 Å². The van der Waals surface area contributed by atoms with Gasteiger partial charge in [-0.1, -0.05) is 17.4 Å². The summed E-state index contributed by atoms with van der Waals surface area (Å²) in [5.41, 5.74) is 4.36. The van der Waals surface area contributed by atoms with Gasteiger partial charge in [-0.3, -0.25) is 9.48 Å². The largest absolute Gasteiger partial charge is 0.325 e. The third-order valence-corrected chi connectivity index (χ3v) is 7.18. The fraction of sp³-hybridized carbons (Fsp3) is 0.250. The summed E-state index contributed by atoms with van der Waals surface area (Å²) in [4.78, 5) is 14.7. The van der Waals surface area contributed by atoms with E-state index in [2.05, 4.69) is 42.3 Å². The lowest BCUT2D eigenvalue weighted by atomic mass is 10.3. The zero-order valence-corrected chi connectivity index (χ0v) is 20.4. The minimum Gasteiger partial charge on any atom is -0.325 e. The van der Waals surface area contributed by atoms with Crippen molar-refractivity contribution < 1.29 is 4.79 Å². The van der Waals surface area contributed by atoms with Gasteiger partial charge in [-0.15, -0.1) is 11.3 Å². The minimum atomic E-state index is 0. The molecule has 11 heteroatoms. The number of hydrogen-bond donors (Lipinski definition) is 3. The summed E-state index contributed by atoms with van der Waals surface area (Å²) in [6.07, 6.45) is 1.83. The third kappa shape index (κ3) is 6.47. The molecule has 1 aromatic carbocycles. The molecule has 0 unspecified atom stereocenters. The Morgan fingerprint density at radius 1 is 1.29 bits per heavy atom. The Morgan fingerprint density at radius 3 is 3.00 bits per heavy atom. The highest BCUT2D eigenvalue weighted by atomic mass is 32.2. The van der Waals surface area contributed by atoms with Gasteiger partial charge >= 0.3 is 0 Å². The molecule has 3 aromatic heterocycles. The van der Waals surface area contributed by atoms with Gasteiger partial charge in [0.2, 0.25) is 6.41 Å². The molecule has 31 heavy (non-hydrogen) atoms. The van der Waals surface area contributed by atoms with Gasteiger partial charge in [-0.25, -0.2) is 4.98 Å². The number of nitrogens with one attached hydrogen (secondary N) is 3. The molecule has 0 fully saturated rings. The Bertz CT molecular complexity index is 1080. The first-order chi connectivity index (χ1) is 14.7. The van der Waals surface area contributed by atoms with Crippen LogP contribution in [0.4, 0.5) is 10.8 Å². The van der Waals surface area contributed by atoms with Crippen molar-refractivity contribution in [1.82, 2.24) is 20.1 Å². The van der Waals surface area contributed by atoms with Gasteiger partial charge in [0.25, 0.3) is 0 Å². The van der Waals surface area contributed by atoms with Gasteiger partial charge < -0.3 is 15.4 Å². The maximum Gasteiger partial charge on any atom is 0.213 e. The number of hydrogen-bond acceptors (Lipinski definition) is 8. The van der Waals surface area contributed by atoms with Crippen molar-refractivity contribution in [2.45, 2.75) is 30.6 Å². The molecule has 164 valence electrons. The number of nitrogens with zero attached hydrogens (tertiary/aromatic N) is 3. The molecule has 0 bridgehead atoms. The van der Waals surface area contributed by atoms with E-state index in [-0.39, 0.29) is 13.5 Å². The molecular formula is C20H24N6OS4. The second-order valence-corrected chi connectivity index (χ2v) is 9.72. The van der Waals surface area contributed by atoms with Crippen molar-refractivity contribution in [3.05, 3.63) is 53.2 Å². The molecule has 0 atom stereocenters. The Labute approximate surface area is 200 Å². The van der Waals surface area contributed by atoms with Gasteiger partial charge in [-0.05, 0) is 67.5 Å². The van der Waals surface area contributed by atoms with Gasteiger partial charge in [0.1, 0.15) is 0 Å². The van der Waals surface area contributed by atoms with Crippen molar-refractivity contribution in [2.24, 2.45) is 0 Å². The number of rotatable bonds is 5. The molecule has 4 heterocycles. The third-order valence-electron chi connectivity index (χ3n) is 4.35. The first-order valence-electron chi connectivity index (χ1n) is 9.52. The summed E-state index contributed by atoms with van der Waals surface area (Å²) in [7, 11) is 0. The fourth-order valence-electron chi connectivity index (χ4n) is 3.04. The summed E-state index contributed by atoms with van der Waals surface area (Å²) < 4.78 is 7.66. The van der Waals surface area contributed by atoms with E-state index in [0.29, 0.717) is 11.5 Å². The molecule has 7 nitrogen and oxygen atoms in total. The van der Waals surface area contributed by atoms with Crippen LogP contribution < -0.4 is 15.4 Å². The monoisotopic (exact) mass is 492 g/mol. The quantitative estimate of drug-likeness (QED) is 0.273. The van der Waals surface area contributed by atoms with Gasteiger partial charge in [0.05, 0.1) is 25.8 Å². The van der Waals surface area contributed by atoms with E-state index in [1.807, 2.05) is 36.6 Å². The van der Waals surface area contributed by atoms with Crippen molar-refractivity contribution in [3.8, 4) is 0 Å². The minimum absolute atomic E-state index is 0. The number of carbonyl (C=O) groups excluding carboxylic acids is 1. The van der Waals surface area contributed by atoms with Crippen LogP contribution in [0.15, 0.2) is 46.0 Å². The topological polar surface area (TPSA) is 83.9 Å². The number of amides is 1. The van der Waals surface area contributed by atoms with E-state index in [0.717, 1.165) is 41.2 Å². The van der Waals surface area contributed by atoms with Crippen molar-refractivity contribution in [2.75, 3.05) is 16.6 Å². The lowest BCUT2D eigenvalue weighted by molar-refractivity contribution is -0.105. The molecule has 4 aromatic rings. The average molecular weight is 493 g/mol.